The number of thioether (sulfide) groups is 1. The number of hydrogen-bond acceptors (Lipinski definition) is 3. The summed E-state index contributed by atoms with van der Waals surface area (Å²) in [4.78, 5) is 5.04. The molecule has 4 nitrogen and oxygen atoms in total. The topological polar surface area (TPSA) is 54.9 Å². The van der Waals surface area contributed by atoms with Crippen LogP contribution in [0.4, 0.5) is 0 Å². The van der Waals surface area contributed by atoms with Crippen LogP contribution in [0.1, 0.15) is 12.0 Å². The highest BCUT2D eigenvalue weighted by Gasteiger charge is 2.33. The molecular formula is C15H15ClN2O2S. The van der Waals surface area contributed by atoms with E-state index in [0.29, 0.717) is 28.7 Å². The highest BCUT2D eigenvalue weighted by Crippen LogP contribution is 2.42. The van der Waals surface area contributed by atoms with Gasteiger partial charge in [-0.3, -0.25) is 0 Å². The zero-order valence-electron chi connectivity index (χ0n) is 12.0. The summed E-state index contributed by atoms with van der Waals surface area (Å²) in [6.45, 7) is 2.04. The molecule has 0 bridgehead atoms. The molecule has 110 valence electrons. The van der Waals surface area contributed by atoms with Crippen LogP contribution in [0.3, 0.4) is 0 Å². The Morgan fingerprint density at radius 1 is 1.19 bits per heavy atom. The van der Waals surface area contributed by atoms with Gasteiger partial charge in [-0.05, 0) is 19.1 Å². The van der Waals surface area contributed by atoms with Gasteiger partial charge in [-0.1, -0.05) is 41.1 Å². The van der Waals surface area contributed by atoms with Crippen LogP contribution in [0.15, 0.2) is 50.6 Å². The van der Waals surface area contributed by atoms with Gasteiger partial charge in [0.15, 0.2) is 0 Å². The minimum atomic E-state index is 0.334. The average Bonchev–Trinajstić information content (AvgIpc) is 2.50. The van der Waals surface area contributed by atoms with Gasteiger partial charge in [-0.15, -0.1) is 0 Å². The first-order valence-corrected chi connectivity index (χ1v) is 7.47. The molecule has 0 heterocycles. The lowest BCUT2D eigenvalue weighted by Gasteiger charge is -2.18. The van der Waals surface area contributed by atoms with E-state index in [9.17, 15) is 0 Å². The first-order chi connectivity index (χ1) is 10.1. The summed E-state index contributed by atoms with van der Waals surface area (Å²) in [5.41, 5.74) is 10.6. The third-order valence-electron chi connectivity index (χ3n) is 3.05. The molecule has 1 aliphatic carbocycles. The zero-order chi connectivity index (χ0) is 15.4. The standard InChI is InChI=1S/C15H15ClN2O2S/c1-9-4-6-10(7-5-9)21-15-12(19-2)8-11(18-17)14(20-3)13(15)16/h4-7H,8H2,1-3H3. The van der Waals surface area contributed by atoms with Crippen molar-refractivity contribution in [2.24, 2.45) is 0 Å². The minimum absolute atomic E-state index is 0.334. The van der Waals surface area contributed by atoms with E-state index in [1.54, 1.807) is 7.11 Å². The second-order valence-corrected chi connectivity index (χ2v) is 5.90. The van der Waals surface area contributed by atoms with Crippen LogP contribution in [0.2, 0.25) is 0 Å². The van der Waals surface area contributed by atoms with E-state index in [1.165, 1.54) is 24.4 Å². The van der Waals surface area contributed by atoms with E-state index >= 15 is 0 Å². The minimum Gasteiger partial charge on any atom is -0.499 e. The molecule has 1 aromatic rings. The van der Waals surface area contributed by atoms with Crippen LogP contribution in [-0.4, -0.2) is 24.7 Å². The van der Waals surface area contributed by atoms with Gasteiger partial charge in [-0.2, -0.15) is 4.79 Å². The molecule has 0 amide bonds. The molecule has 2 rings (SSSR count). The normalized spacial score (nSPS) is 15.1. The van der Waals surface area contributed by atoms with Gasteiger partial charge in [0.2, 0.25) is 5.76 Å². The maximum Gasteiger partial charge on any atom is 0.342 e. The second-order valence-electron chi connectivity index (χ2n) is 4.44. The van der Waals surface area contributed by atoms with E-state index < -0.39 is 0 Å². The van der Waals surface area contributed by atoms with Crippen molar-refractivity contribution < 1.29 is 14.3 Å². The number of allylic oxidation sites excluding steroid dienone is 3. The molecule has 1 aromatic carbocycles. The summed E-state index contributed by atoms with van der Waals surface area (Å²) in [5.74, 6) is 1.02. The van der Waals surface area contributed by atoms with Gasteiger partial charge in [0.05, 0.1) is 19.1 Å². The Bertz CT molecular complexity index is 659. The molecule has 0 fully saturated rings. The van der Waals surface area contributed by atoms with E-state index in [0.717, 1.165) is 9.80 Å². The number of hydrogen-bond donors (Lipinski definition) is 0. The van der Waals surface area contributed by atoms with Crippen molar-refractivity contribution in [3.63, 3.8) is 0 Å². The lowest BCUT2D eigenvalue weighted by atomic mass is 10.1. The largest absolute Gasteiger partial charge is 0.499 e. The number of halogens is 1. The molecule has 0 atom stereocenters. The molecule has 0 N–H and O–H groups in total. The van der Waals surface area contributed by atoms with Gasteiger partial charge < -0.3 is 15.0 Å². The summed E-state index contributed by atoms with van der Waals surface area (Å²) in [7, 11) is 3.07. The van der Waals surface area contributed by atoms with Crippen LogP contribution in [0.25, 0.3) is 5.53 Å². The summed E-state index contributed by atoms with van der Waals surface area (Å²) in [6, 6.07) is 8.11. The fourth-order valence-electron chi connectivity index (χ4n) is 1.94. The fourth-order valence-corrected chi connectivity index (χ4v) is 3.31. The Kier molecular flexibility index (Phi) is 5.12. The summed E-state index contributed by atoms with van der Waals surface area (Å²) >= 11 is 7.87. The van der Waals surface area contributed by atoms with E-state index in [4.69, 9.17) is 26.6 Å². The lowest BCUT2D eigenvalue weighted by Crippen LogP contribution is -2.16. The molecule has 0 spiro atoms. The average molecular weight is 323 g/mol. The number of benzene rings is 1. The van der Waals surface area contributed by atoms with Crippen molar-refractivity contribution in [2.45, 2.75) is 18.2 Å². The lowest BCUT2D eigenvalue weighted by molar-refractivity contribution is -0.0123. The maximum atomic E-state index is 9.06. The van der Waals surface area contributed by atoms with Crippen LogP contribution in [0.5, 0.6) is 0 Å². The van der Waals surface area contributed by atoms with Crippen molar-refractivity contribution in [2.75, 3.05) is 14.2 Å². The van der Waals surface area contributed by atoms with Crippen molar-refractivity contribution in [1.29, 1.82) is 0 Å². The van der Waals surface area contributed by atoms with Crippen molar-refractivity contribution >= 4 is 29.1 Å². The highest BCUT2D eigenvalue weighted by atomic mass is 35.5. The summed E-state index contributed by atoms with van der Waals surface area (Å²) < 4.78 is 10.6. The maximum absolute atomic E-state index is 9.06. The molecule has 0 radical (unpaired) electrons. The smallest absolute Gasteiger partial charge is 0.342 e. The van der Waals surface area contributed by atoms with Crippen molar-refractivity contribution in [3.05, 3.63) is 56.8 Å². The predicted molar refractivity (Wildman–Crippen MR) is 84.2 cm³/mol. The fraction of sp³-hybridized carbons (Fsp3) is 0.267. The third kappa shape index (κ3) is 3.32. The molecule has 1 aliphatic rings. The number of nitrogens with zero attached hydrogens (tertiary/aromatic N) is 2. The van der Waals surface area contributed by atoms with Gasteiger partial charge in [0.1, 0.15) is 17.2 Å². The highest BCUT2D eigenvalue weighted by molar-refractivity contribution is 8.03. The molecule has 0 aliphatic heterocycles. The van der Waals surface area contributed by atoms with Crippen LogP contribution in [0, 0.1) is 6.92 Å². The zero-order valence-corrected chi connectivity index (χ0v) is 13.6. The van der Waals surface area contributed by atoms with Crippen molar-refractivity contribution in [3.8, 4) is 0 Å². The Morgan fingerprint density at radius 2 is 1.86 bits per heavy atom. The van der Waals surface area contributed by atoms with Crippen LogP contribution in [-0.2, 0) is 9.47 Å². The quantitative estimate of drug-likeness (QED) is 0.619. The third-order valence-corrected chi connectivity index (χ3v) is 4.67. The first kappa shape index (κ1) is 15.7. The molecule has 0 aromatic heterocycles. The molecule has 0 unspecified atom stereocenters. The summed E-state index contributed by atoms with van der Waals surface area (Å²) in [5, 5.41) is 0.388. The predicted octanol–water partition coefficient (Wildman–Crippen LogP) is 4.12. The summed E-state index contributed by atoms with van der Waals surface area (Å²) in [6.07, 6.45) is 0.334. The van der Waals surface area contributed by atoms with E-state index in [2.05, 4.69) is 4.79 Å². The second kappa shape index (κ2) is 6.85. The molecule has 0 saturated heterocycles. The monoisotopic (exact) mass is 322 g/mol. The Morgan fingerprint density at radius 3 is 2.38 bits per heavy atom. The van der Waals surface area contributed by atoms with E-state index in [-0.39, 0.29) is 0 Å². The SMILES string of the molecule is COC1=C(Sc2ccc(C)cc2)C(Cl)=C(OC)C(=[N+]=[N-])C1. The van der Waals surface area contributed by atoms with Crippen LogP contribution < -0.4 is 0 Å². The number of rotatable bonds is 4. The molecule has 6 heteroatoms. The van der Waals surface area contributed by atoms with Gasteiger partial charge in [0.25, 0.3) is 0 Å². The number of aryl methyl sites for hydroxylation is 1. The van der Waals surface area contributed by atoms with Crippen molar-refractivity contribution in [1.82, 2.24) is 0 Å². The molecule has 21 heavy (non-hydrogen) atoms. The Labute approximate surface area is 133 Å². The molecular weight excluding hydrogens is 308 g/mol. The number of ether oxygens (including phenoxy) is 2. The first-order valence-electron chi connectivity index (χ1n) is 6.27. The van der Waals surface area contributed by atoms with Gasteiger partial charge >= 0.3 is 5.71 Å². The molecule has 0 saturated carbocycles. The van der Waals surface area contributed by atoms with Gasteiger partial charge in [0, 0.05) is 4.90 Å². The van der Waals surface area contributed by atoms with Crippen LogP contribution >= 0.6 is 23.4 Å². The number of methoxy groups -OCH3 is 2. The van der Waals surface area contributed by atoms with Gasteiger partial charge in [-0.25, -0.2) is 0 Å². The Balaban J connectivity index is 2.43. The van der Waals surface area contributed by atoms with E-state index in [1.807, 2.05) is 31.2 Å². The Hall–Kier alpha value is -1.68.